The molecule has 0 aliphatic heterocycles. The third-order valence-corrected chi connectivity index (χ3v) is 4.68. The SMILES string of the molecule is CC[C@H](C)c1ccccc1NC(=O)COC(=O)Cc1ccc(Cl)cc1Cl. The first kappa shape index (κ1) is 20.3. The number of nitrogens with one attached hydrogen (secondary N) is 1. The van der Waals surface area contributed by atoms with Crippen LogP contribution in [0.15, 0.2) is 42.5 Å². The zero-order valence-corrected chi connectivity index (χ0v) is 16.2. The van der Waals surface area contributed by atoms with E-state index in [1.807, 2.05) is 24.3 Å². The molecule has 6 heteroatoms. The van der Waals surface area contributed by atoms with E-state index in [0.29, 0.717) is 21.5 Å². The number of hydrogen-bond acceptors (Lipinski definition) is 3. The van der Waals surface area contributed by atoms with Gasteiger partial charge in [-0.15, -0.1) is 0 Å². The molecule has 1 atom stereocenters. The molecule has 0 aliphatic rings. The van der Waals surface area contributed by atoms with Gasteiger partial charge in [-0.05, 0) is 41.7 Å². The van der Waals surface area contributed by atoms with Crippen molar-refractivity contribution in [3.8, 4) is 0 Å². The van der Waals surface area contributed by atoms with Gasteiger partial charge >= 0.3 is 5.97 Å². The number of ether oxygens (including phenoxy) is 1. The molecule has 2 aromatic carbocycles. The van der Waals surface area contributed by atoms with Gasteiger partial charge in [0.25, 0.3) is 5.91 Å². The Morgan fingerprint density at radius 2 is 1.88 bits per heavy atom. The van der Waals surface area contributed by atoms with Crippen molar-refractivity contribution in [1.29, 1.82) is 0 Å². The molecule has 26 heavy (non-hydrogen) atoms. The van der Waals surface area contributed by atoms with Crippen LogP contribution in [0.25, 0.3) is 0 Å². The maximum Gasteiger partial charge on any atom is 0.310 e. The second kappa shape index (κ2) is 9.60. The molecule has 2 aromatic rings. The van der Waals surface area contributed by atoms with Crippen LogP contribution in [0, 0.1) is 0 Å². The normalized spacial score (nSPS) is 11.7. The lowest BCUT2D eigenvalue weighted by Crippen LogP contribution is -2.22. The summed E-state index contributed by atoms with van der Waals surface area (Å²) in [4.78, 5) is 24.0. The fraction of sp³-hybridized carbons (Fsp3) is 0.300. The second-order valence-corrected chi connectivity index (χ2v) is 6.86. The molecule has 2 rings (SSSR count). The first-order chi connectivity index (χ1) is 12.4. The minimum absolute atomic E-state index is 0.0211. The Kier molecular flexibility index (Phi) is 7.49. The van der Waals surface area contributed by atoms with Gasteiger partial charge in [0.15, 0.2) is 6.61 Å². The summed E-state index contributed by atoms with van der Waals surface area (Å²) in [6.45, 7) is 3.84. The highest BCUT2D eigenvalue weighted by molar-refractivity contribution is 6.35. The highest BCUT2D eigenvalue weighted by Crippen LogP contribution is 2.26. The van der Waals surface area contributed by atoms with E-state index in [2.05, 4.69) is 19.2 Å². The zero-order chi connectivity index (χ0) is 19.1. The summed E-state index contributed by atoms with van der Waals surface area (Å²) in [6, 6.07) is 12.5. The van der Waals surface area contributed by atoms with Gasteiger partial charge in [0.05, 0.1) is 6.42 Å². The summed E-state index contributed by atoms with van der Waals surface area (Å²) in [7, 11) is 0. The molecule has 0 bridgehead atoms. The van der Waals surface area contributed by atoms with Gasteiger partial charge in [-0.1, -0.05) is 61.3 Å². The quantitative estimate of drug-likeness (QED) is 0.654. The molecule has 0 fully saturated rings. The number of para-hydroxylation sites is 1. The van der Waals surface area contributed by atoms with Crippen LogP contribution in [-0.2, 0) is 20.7 Å². The molecule has 0 heterocycles. The number of carbonyl (C=O) groups is 2. The van der Waals surface area contributed by atoms with E-state index in [4.69, 9.17) is 27.9 Å². The molecule has 0 radical (unpaired) electrons. The molecule has 0 aliphatic carbocycles. The standard InChI is InChI=1S/C20H21Cl2NO3/c1-3-13(2)16-6-4-5-7-18(16)23-19(24)12-26-20(25)10-14-8-9-15(21)11-17(14)22/h4-9,11,13H,3,10,12H2,1-2H3,(H,23,24)/t13-/m0/s1. The van der Waals surface area contributed by atoms with E-state index in [1.54, 1.807) is 18.2 Å². The van der Waals surface area contributed by atoms with E-state index < -0.39 is 5.97 Å². The summed E-state index contributed by atoms with van der Waals surface area (Å²) in [5.41, 5.74) is 2.40. The summed E-state index contributed by atoms with van der Waals surface area (Å²) >= 11 is 11.9. The minimum atomic E-state index is -0.528. The van der Waals surface area contributed by atoms with E-state index >= 15 is 0 Å². The first-order valence-corrected chi connectivity index (χ1v) is 9.14. The number of hydrogen-bond donors (Lipinski definition) is 1. The molecule has 0 saturated carbocycles. The van der Waals surface area contributed by atoms with Crippen molar-refractivity contribution in [1.82, 2.24) is 0 Å². The summed E-state index contributed by atoms with van der Waals surface area (Å²) in [5, 5.41) is 3.69. The molecule has 1 N–H and O–H groups in total. The van der Waals surface area contributed by atoms with Crippen molar-refractivity contribution in [2.24, 2.45) is 0 Å². The average molecular weight is 394 g/mol. The molecule has 0 spiro atoms. The van der Waals surface area contributed by atoms with Crippen molar-refractivity contribution < 1.29 is 14.3 Å². The van der Waals surface area contributed by atoms with Crippen LogP contribution >= 0.6 is 23.2 Å². The number of benzene rings is 2. The minimum Gasteiger partial charge on any atom is -0.455 e. The Bertz CT molecular complexity index is 792. The Labute approximate surface area is 163 Å². The monoisotopic (exact) mass is 393 g/mol. The molecule has 1 amide bonds. The van der Waals surface area contributed by atoms with Gasteiger partial charge in [0.2, 0.25) is 0 Å². The molecule has 138 valence electrons. The van der Waals surface area contributed by atoms with Gasteiger partial charge < -0.3 is 10.1 Å². The van der Waals surface area contributed by atoms with Crippen LogP contribution in [-0.4, -0.2) is 18.5 Å². The smallest absolute Gasteiger partial charge is 0.310 e. The Morgan fingerprint density at radius 1 is 1.15 bits per heavy atom. The number of rotatable bonds is 7. The molecule has 0 saturated heterocycles. The Morgan fingerprint density at radius 3 is 2.58 bits per heavy atom. The number of amides is 1. The third-order valence-electron chi connectivity index (χ3n) is 4.09. The van der Waals surface area contributed by atoms with Crippen molar-refractivity contribution >= 4 is 40.8 Å². The van der Waals surface area contributed by atoms with Crippen LogP contribution in [0.5, 0.6) is 0 Å². The lowest BCUT2D eigenvalue weighted by atomic mass is 9.97. The summed E-state index contributed by atoms with van der Waals surface area (Å²) in [6.07, 6.45) is 0.941. The fourth-order valence-electron chi connectivity index (χ4n) is 2.46. The van der Waals surface area contributed by atoms with Crippen LogP contribution in [0.1, 0.15) is 37.3 Å². The zero-order valence-electron chi connectivity index (χ0n) is 14.7. The van der Waals surface area contributed by atoms with Gasteiger partial charge in [-0.2, -0.15) is 0 Å². The molecular formula is C20H21Cl2NO3. The van der Waals surface area contributed by atoms with Crippen molar-refractivity contribution in [3.05, 3.63) is 63.6 Å². The van der Waals surface area contributed by atoms with Gasteiger partial charge in [-0.3, -0.25) is 9.59 Å². The first-order valence-electron chi connectivity index (χ1n) is 8.39. The third kappa shape index (κ3) is 5.75. The lowest BCUT2D eigenvalue weighted by molar-refractivity contribution is -0.146. The fourth-order valence-corrected chi connectivity index (χ4v) is 2.94. The van der Waals surface area contributed by atoms with Crippen LogP contribution < -0.4 is 5.32 Å². The average Bonchev–Trinajstić information content (AvgIpc) is 2.62. The van der Waals surface area contributed by atoms with Crippen molar-refractivity contribution in [2.75, 3.05) is 11.9 Å². The Hall–Kier alpha value is -2.04. The van der Waals surface area contributed by atoms with Gasteiger partial charge in [0.1, 0.15) is 0 Å². The van der Waals surface area contributed by atoms with Crippen LogP contribution in [0.2, 0.25) is 10.0 Å². The number of esters is 1. The molecule has 0 aromatic heterocycles. The van der Waals surface area contributed by atoms with Gasteiger partial charge in [-0.25, -0.2) is 0 Å². The Balaban J connectivity index is 1.90. The molecule has 0 unspecified atom stereocenters. The van der Waals surface area contributed by atoms with E-state index in [0.717, 1.165) is 17.7 Å². The van der Waals surface area contributed by atoms with Crippen molar-refractivity contribution in [2.45, 2.75) is 32.6 Å². The maximum atomic E-state index is 12.1. The molecule has 4 nitrogen and oxygen atoms in total. The van der Waals surface area contributed by atoms with Crippen LogP contribution in [0.3, 0.4) is 0 Å². The van der Waals surface area contributed by atoms with E-state index in [1.165, 1.54) is 0 Å². The molecular weight excluding hydrogens is 373 g/mol. The maximum absolute atomic E-state index is 12.1. The highest BCUT2D eigenvalue weighted by Gasteiger charge is 2.14. The largest absolute Gasteiger partial charge is 0.455 e. The number of halogens is 2. The van der Waals surface area contributed by atoms with Gasteiger partial charge in [0, 0.05) is 15.7 Å². The summed E-state index contributed by atoms with van der Waals surface area (Å²) < 4.78 is 5.05. The summed E-state index contributed by atoms with van der Waals surface area (Å²) in [5.74, 6) is -0.586. The number of carbonyl (C=O) groups excluding carboxylic acids is 2. The van der Waals surface area contributed by atoms with Crippen molar-refractivity contribution in [3.63, 3.8) is 0 Å². The lowest BCUT2D eigenvalue weighted by Gasteiger charge is -2.15. The predicted molar refractivity (Wildman–Crippen MR) is 105 cm³/mol. The van der Waals surface area contributed by atoms with Crippen LogP contribution in [0.4, 0.5) is 5.69 Å². The predicted octanol–water partition coefficient (Wildman–Crippen LogP) is 5.23. The van der Waals surface area contributed by atoms with E-state index in [-0.39, 0.29) is 18.9 Å². The topological polar surface area (TPSA) is 55.4 Å². The highest BCUT2D eigenvalue weighted by atomic mass is 35.5. The number of anilines is 1. The second-order valence-electron chi connectivity index (χ2n) is 6.02. The van der Waals surface area contributed by atoms with E-state index in [9.17, 15) is 9.59 Å².